The van der Waals surface area contributed by atoms with Crippen molar-refractivity contribution in [3.63, 3.8) is 0 Å². The summed E-state index contributed by atoms with van der Waals surface area (Å²) in [4.78, 5) is 11.6. The molecule has 4 nitrogen and oxygen atoms in total. The van der Waals surface area contributed by atoms with E-state index in [4.69, 9.17) is 5.11 Å². The number of nitrogens with one attached hydrogen (secondary N) is 1. The predicted octanol–water partition coefficient (Wildman–Crippen LogP) is 2.53. The minimum atomic E-state index is -0.865. The van der Waals surface area contributed by atoms with Gasteiger partial charge < -0.3 is 5.11 Å². The fourth-order valence-electron chi connectivity index (χ4n) is 1.27. The average molecular weight is 287 g/mol. The van der Waals surface area contributed by atoms with Gasteiger partial charge in [0.2, 0.25) is 0 Å². The first kappa shape index (κ1) is 10.4. The molecule has 2 N–H and O–H groups in total. The number of aliphatic carboxylic acids is 1. The van der Waals surface area contributed by atoms with Gasteiger partial charge in [0.25, 0.3) is 0 Å². The summed E-state index contributed by atoms with van der Waals surface area (Å²) in [5, 5.41) is 17.2. The van der Waals surface area contributed by atoms with Crippen LogP contribution in [0.15, 0.2) is 22.1 Å². The number of H-pyrrole nitrogens is 1. The van der Waals surface area contributed by atoms with Crippen LogP contribution < -0.4 is 0 Å². The lowest BCUT2D eigenvalue weighted by atomic mass is 10.2. The lowest BCUT2D eigenvalue weighted by molar-refractivity contribution is -0.136. The Balaban J connectivity index is 2.36. The van der Waals surface area contributed by atoms with Gasteiger partial charge in [-0.25, -0.2) is 0 Å². The van der Waals surface area contributed by atoms with Crippen LogP contribution in [-0.2, 0) is 11.2 Å². The molecule has 0 saturated heterocycles. The Morgan fingerprint density at radius 3 is 3.07 bits per heavy atom. The number of carbonyl (C=O) groups is 1. The van der Waals surface area contributed by atoms with Crippen LogP contribution in [0, 0.1) is 0 Å². The number of carboxylic acid groups (broad SMARTS) is 1. The number of nitrogens with zero attached hydrogens (tertiary/aromatic N) is 1. The Labute approximate surface area is 98.1 Å². The smallest absolute Gasteiger partial charge is 0.309 e. The zero-order chi connectivity index (χ0) is 10.8. The van der Waals surface area contributed by atoms with Gasteiger partial charge in [-0.1, -0.05) is 0 Å². The number of aromatic nitrogens is 2. The quantitative estimate of drug-likeness (QED) is 0.911. The van der Waals surface area contributed by atoms with Gasteiger partial charge >= 0.3 is 5.97 Å². The fourth-order valence-corrected chi connectivity index (χ4v) is 2.73. The van der Waals surface area contributed by atoms with Crippen LogP contribution in [-0.4, -0.2) is 21.3 Å². The maximum Gasteiger partial charge on any atom is 0.309 e. The van der Waals surface area contributed by atoms with Crippen molar-refractivity contribution in [2.75, 3.05) is 0 Å². The number of hydrogen-bond donors (Lipinski definition) is 2. The maximum absolute atomic E-state index is 10.6. The minimum Gasteiger partial charge on any atom is -0.481 e. The summed E-state index contributed by atoms with van der Waals surface area (Å²) in [6, 6.07) is 1.95. The van der Waals surface area contributed by atoms with E-state index in [0.717, 1.165) is 14.9 Å². The summed E-state index contributed by atoms with van der Waals surface area (Å²) in [5.41, 5.74) is 1.49. The van der Waals surface area contributed by atoms with E-state index >= 15 is 0 Å². The summed E-state index contributed by atoms with van der Waals surface area (Å²) >= 11 is 4.91. The lowest BCUT2D eigenvalue weighted by Gasteiger charge is -1.96. The highest BCUT2D eigenvalue weighted by atomic mass is 79.9. The fraction of sp³-hybridized carbons (Fsp3) is 0.111. The number of rotatable bonds is 3. The largest absolute Gasteiger partial charge is 0.481 e. The van der Waals surface area contributed by atoms with Crippen LogP contribution in [0.1, 0.15) is 5.69 Å². The molecule has 0 unspecified atom stereocenters. The van der Waals surface area contributed by atoms with E-state index in [1.165, 1.54) is 0 Å². The second-order valence-electron chi connectivity index (χ2n) is 2.96. The molecule has 0 atom stereocenters. The number of thiophene rings is 1. The van der Waals surface area contributed by atoms with Crippen LogP contribution in [0.3, 0.4) is 0 Å². The van der Waals surface area contributed by atoms with Gasteiger partial charge in [-0.2, -0.15) is 5.10 Å². The summed E-state index contributed by atoms with van der Waals surface area (Å²) in [5.74, 6) is -0.865. The highest BCUT2D eigenvalue weighted by Crippen LogP contribution is 2.31. The van der Waals surface area contributed by atoms with Crippen LogP contribution >= 0.6 is 27.3 Å². The molecule has 15 heavy (non-hydrogen) atoms. The molecule has 0 saturated carbocycles. The first-order chi connectivity index (χ1) is 7.16. The topological polar surface area (TPSA) is 66.0 Å². The maximum atomic E-state index is 10.6. The molecule has 0 spiro atoms. The molecule has 0 aromatic carbocycles. The van der Waals surface area contributed by atoms with Gasteiger partial charge in [0.1, 0.15) is 0 Å². The van der Waals surface area contributed by atoms with Crippen LogP contribution in [0.4, 0.5) is 0 Å². The SMILES string of the molecule is O=C(O)Cc1[nH]ncc1-c1cc(Br)cs1. The summed E-state index contributed by atoms with van der Waals surface area (Å²) in [6.07, 6.45) is 1.61. The highest BCUT2D eigenvalue weighted by Gasteiger charge is 2.12. The number of hydrogen-bond acceptors (Lipinski definition) is 3. The average Bonchev–Trinajstić information content (AvgIpc) is 2.72. The summed E-state index contributed by atoms with van der Waals surface area (Å²) in [7, 11) is 0. The molecule has 0 fully saturated rings. The zero-order valence-electron chi connectivity index (χ0n) is 7.53. The third kappa shape index (κ3) is 2.27. The normalized spacial score (nSPS) is 10.5. The van der Waals surface area contributed by atoms with Crippen molar-refractivity contribution in [2.45, 2.75) is 6.42 Å². The second-order valence-corrected chi connectivity index (χ2v) is 4.79. The van der Waals surface area contributed by atoms with Crippen molar-refractivity contribution in [3.05, 3.63) is 27.8 Å². The number of aromatic amines is 1. The Kier molecular flexibility index (Phi) is 2.88. The standard InChI is InChI=1S/C9H7BrN2O2S/c10-5-1-8(15-4-5)6-3-11-12-7(6)2-9(13)14/h1,3-4H,2H2,(H,11,12)(H,13,14). The first-order valence-electron chi connectivity index (χ1n) is 4.15. The molecule has 0 aliphatic heterocycles. The highest BCUT2D eigenvalue weighted by molar-refractivity contribution is 9.10. The van der Waals surface area contributed by atoms with Crippen molar-refractivity contribution in [2.24, 2.45) is 0 Å². The van der Waals surface area contributed by atoms with Crippen LogP contribution in [0.5, 0.6) is 0 Å². The molecule has 0 aliphatic rings. The minimum absolute atomic E-state index is 0.0369. The van der Waals surface area contributed by atoms with Gasteiger partial charge in [-0.05, 0) is 22.0 Å². The van der Waals surface area contributed by atoms with Gasteiger partial charge in [-0.15, -0.1) is 11.3 Å². The third-order valence-corrected chi connectivity index (χ3v) is 3.60. The second kappa shape index (κ2) is 4.16. The van der Waals surface area contributed by atoms with Crippen molar-refractivity contribution in [1.82, 2.24) is 10.2 Å². The molecule has 2 heterocycles. The van der Waals surface area contributed by atoms with E-state index in [2.05, 4.69) is 26.1 Å². The first-order valence-corrected chi connectivity index (χ1v) is 5.82. The molecule has 2 rings (SSSR count). The molecule has 6 heteroatoms. The van der Waals surface area contributed by atoms with Crippen molar-refractivity contribution in [1.29, 1.82) is 0 Å². The van der Waals surface area contributed by atoms with Gasteiger partial charge in [0.05, 0.1) is 18.3 Å². The predicted molar refractivity (Wildman–Crippen MR) is 60.9 cm³/mol. The van der Waals surface area contributed by atoms with Crippen molar-refractivity contribution in [3.8, 4) is 10.4 Å². The summed E-state index contributed by atoms with van der Waals surface area (Å²) in [6.45, 7) is 0. The van der Waals surface area contributed by atoms with Crippen molar-refractivity contribution >= 4 is 33.2 Å². The summed E-state index contributed by atoms with van der Waals surface area (Å²) < 4.78 is 0.991. The molecule has 0 amide bonds. The van der Waals surface area contributed by atoms with E-state index < -0.39 is 5.97 Å². The Morgan fingerprint density at radius 2 is 2.47 bits per heavy atom. The van der Waals surface area contributed by atoms with E-state index in [9.17, 15) is 4.79 Å². The molecule has 0 radical (unpaired) electrons. The van der Waals surface area contributed by atoms with E-state index in [0.29, 0.717) is 5.69 Å². The van der Waals surface area contributed by atoms with E-state index in [1.807, 2.05) is 11.4 Å². The van der Waals surface area contributed by atoms with Crippen molar-refractivity contribution < 1.29 is 9.90 Å². The van der Waals surface area contributed by atoms with E-state index in [-0.39, 0.29) is 6.42 Å². The van der Waals surface area contributed by atoms with Gasteiger partial charge in [0.15, 0.2) is 0 Å². The third-order valence-electron chi connectivity index (χ3n) is 1.88. The Bertz CT molecular complexity index is 492. The lowest BCUT2D eigenvalue weighted by Crippen LogP contribution is -2.01. The van der Waals surface area contributed by atoms with Gasteiger partial charge in [-0.3, -0.25) is 9.89 Å². The Morgan fingerprint density at radius 1 is 1.67 bits per heavy atom. The molecule has 2 aromatic heterocycles. The number of carboxylic acids is 1. The molecular formula is C9H7BrN2O2S. The zero-order valence-corrected chi connectivity index (χ0v) is 9.93. The van der Waals surface area contributed by atoms with E-state index in [1.54, 1.807) is 17.5 Å². The monoisotopic (exact) mass is 286 g/mol. The molecule has 0 bridgehead atoms. The van der Waals surface area contributed by atoms with Crippen LogP contribution in [0.2, 0.25) is 0 Å². The van der Waals surface area contributed by atoms with Gasteiger partial charge in [0, 0.05) is 20.3 Å². The Hall–Kier alpha value is -1.14. The molecular weight excluding hydrogens is 280 g/mol. The molecule has 0 aliphatic carbocycles. The molecule has 78 valence electrons. The molecule has 2 aromatic rings. The number of halogens is 1. The van der Waals surface area contributed by atoms with Crippen LogP contribution in [0.25, 0.3) is 10.4 Å².